The van der Waals surface area contributed by atoms with E-state index < -0.39 is 66.7 Å². The first kappa shape index (κ1) is 33.4. The fraction of sp³-hybridized carbons (Fsp3) is 0.759. The Kier molecular flexibility index (Phi) is 12.4. The Balaban J connectivity index is 1.94. The van der Waals surface area contributed by atoms with E-state index in [-0.39, 0.29) is 18.4 Å². The zero-order chi connectivity index (χ0) is 29.6. The van der Waals surface area contributed by atoms with Crippen LogP contribution in [0, 0.1) is 11.8 Å². The lowest BCUT2D eigenvalue weighted by atomic mass is 9.81. The Hall–Kier alpha value is -1.15. The number of halogens is 1. The second-order valence-electron chi connectivity index (χ2n) is 11.0. The van der Waals surface area contributed by atoms with Gasteiger partial charge in [0.1, 0.15) is 30.3 Å². The van der Waals surface area contributed by atoms with Crippen LogP contribution in [-0.4, -0.2) is 98.4 Å². The number of allylic oxidation sites excluding steroid dienone is 2. The lowest BCUT2D eigenvalue weighted by Gasteiger charge is -2.49. The van der Waals surface area contributed by atoms with Gasteiger partial charge in [-0.05, 0) is 31.8 Å². The number of aliphatic hydroxyl groups is 2. The highest BCUT2D eigenvalue weighted by Crippen LogP contribution is 2.42. The van der Waals surface area contributed by atoms with Gasteiger partial charge in [-0.25, -0.2) is 0 Å². The Labute approximate surface area is 245 Å². The number of cyclic esters (lactones) is 1. The predicted molar refractivity (Wildman–Crippen MR) is 150 cm³/mol. The van der Waals surface area contributed by atoms with Gasteiger partial charge in [-0.1, -0.05) is 46.7 Å². The van der Waals surface area contributed by atoms with Crippen molar-refractivity contribution in [3.8, 4) is 0 Å². The standard InChI is InChI=1S/C29H45BrO10/c1-16-12-20(10-8-9-11-30)38-27(32)18(3)29(33)15-23(17(2)22(40-29)14-21(13-16)34-5)39-28-26(36-7)24(31)25(35-6)19(4)37-28/h8-11,13,17-26,28,31,33H,12,14-15H2,1-7H3/b10-8+,11-9+,16-13+/t17-,18-,19+,20-,21-,22-,23-,24-,25+,26-,28+,29+/m1/s1. The van der Waals surface area contributed by atoms with Crippen molar-refractivity contribution >= 4 is 21.9 Å². The monoisotopic (exact) mass is 632 g/mol. The summed E-state index contributed by atoms with van der Waals surface area (Å²) in [5.41, 5.74) is 0.992. The van der Waals surface area contributed by atoms with Gasteiger partial charge in [0.05, 0.1) is 24.4 Å². The minimum Gasteiger partial charge on any atom is -0.457 e. The predicted octanol–water partition coefficient (Wildman–Crippen LogP) is 3.39. The van der Waals surface area contributed by atoms with E-state index >= 15 is 0 Å². The minimum atomic E-state index is -1.88. The van der Waals surface area contributed by atoms with Crippen LogP contribution in [0.3, 0.4) is 0 Å². The fourth-order valence-corrected chi connectivity index (χ4v) is 5.85. The van der Waals surface area contributed by atoms with Crippen LogP contribution in [0.2, 0.25) is 0 Å². The number of ether oxygens (including phenoxy) is 7. The molecule has 0 unspecified atom stereocenters. The number of hydrogen-bond acceptors (Lipinski definition) is 10. The molecule has 0 saturated carbocycles. The molecule has 2 saturated heterocycles. The van der Waals surface area contributed by atoms with Crippen LogP contribution in [0.4, 0.5) is 0 Å². The highest BCUT2D eigenvalue weighted by atomic mass is 79.9. The molecule has 11 heteroatoms. The molecule has 2 fully saturated rings. The molecule has 3 aliphatic rings. The summed E-state index contributed by atoms with van der Waals surface area (Å²) in [6, 6.07) is 0. The van der Waals surface area contributed by atoms with E-state index in [0.29, 0.717) is 12.8 Å². The van der Waals surface area contributed by atoms with Crippen LogP contribution in [0.25, 0.3) is 0 Å². The first-order chi connectivity index (χ1) is 19.0. The van der Waals surface area contributed by atoms with E-state index in [1.165, 1.54) is 14.2 Å². The Morgan fingerprint density at radius 2 is 1.80 bits per heavy atom. The minimum absolute atomic E-state index is 0.0191. The Morgan fingerprint density at radius 1 is 1.10 bits per heavy atom. The van der Waals surface area contributed by atoms with Crippen LogP contribution in [0.1, 0.15) is 47.0 Å². The summed E-state index contributed by atoms with van der Waals surface area (Å²) in [6.07, 6.45) is 2.45. The zero-order valence-electron chi connectivity index (χ0n) is 24.4. The van der Waals surface area contributed by atoms with Crippen molar-refractivity contribution in [1.82, 2.24) is 0 Å². The highest BCUT2D eigenvalue weighted by Gasteiger charge is 2.53. The molecule has 0 radical (unpaired) electrons. The number of esters is 1. The van der Waals surface area contributed by atoms with E-state index in [0.717, 1.165) is 5.57 Å². The molecular formula is C29H45BrO10. The number of hydrogen-bond donors (Lipinski definition) is 2. The summed E-state index contributed by atoms with van der Waals surface area (Å²) in [5, 5.41) is 22.7. The van der Waals surface area contributed by atoms with Crippen molar-refractivity contribution < 1.29 is 48.2 Å². The summed E-state index contributed by atoms with van der Waals surface area (Å²) in [4.78, 5) is 15.0. The highest BCUT2D eigenvalue weighted by molar-refractivity contribution is 9.11. The van der Waals surface area contributed by atoms with Gasteiger partial charge in [-0.3, -0.25) is 4.79 Å². The lowest BCUT2D eigenvalue weighted by Crippen LogP contribution is -2.62. The molecule has 10 nitrogen and oxygen atoms in total. The fourth-order valence-electron chi connectivity index (χ4n) is 5.68. The summed E-state index contributed by atoms with van der Waals surface area (Å²) >= 11 is 3.23. The van der Waals surface area contributed by atoms with E-state index in [1.54, 1.807) is 44.2 Å². The maximum atomic E-state index is 13.3. The molecule has 3 aliphatic heterocycles. The second-order valence-corrected chi connectivity index (χ2v) is 11.5. The molecule has 0 spiro atoms. The van der Waals surface area contributed by atoms with Gasteiger partial charge >= 0.3 is 5.97 Å². The third kappa shape index (κ3) is 7.81. The molecule has 0 aliphatic carbocycles. The van der Waals surface area contributed by atoms with Crippen molar-refractivity contribution in [1.29, 1.82) is 0 Å². The van der Waals surface area contributed by atoms with Gasteiger partial charge in [-0.2, -0.15) is 0 Å². The van der Waals surface area contributed by atoms with Crippen LogP contribution in [0.5, 0.6) is 0 Å². The first-order valence-corrected chi connectivity index (χ1v) is 14.7. The van der Waals surface area contributed by atoms with Gasteiger partial charge in [0.2, 0.25) is 0 Å². The molecule has 40 heavy (non-hydrogen) atoms. The number of carbonyl (C=O) groups excluding carboxylic acids is 1. The van der Waals surface area contributed by atoms with Crippen molar-refractivity contribution in [2.45, 2.75) is 108 Å². The van der Waals surface area contributed by atoms with Crippen LogP contribution in [0.15, 0.2) is 34.9 Å². The van der Waals surface area contributed by atoms with E-state index in [9.17, 15) is 15.0 Å². The van der Waals surface area contributed by atoms with Gasteiger partial charge in [0, 0.05) is 46.5 Å². The number of carbonyl (C=O) groups is 1. The van der Waals surface area contributed by atoms with Crippen molar-refractivity contribution in [3.63, 3.8) is 0 Å². The average Bonchev–Trinajstić information content (AvgIpc) is 2.90. The quantitative estimate of drug-likeness (QED) is 0.245. The second kappa shape index (κ2) is 14.8. The van der Waals surface area contributed by atoms with Crippen molar-refractivity contribution in [3.05, 3.63) is 34.9 Å². The molecule has 0 aromatic carbocycles. The molecule has 228 valence electrons. The van der Waals surface area contributed by atoms with Gasteiger partial charge < -0.3 is 43.4 Å². The third-order valence-corrected chi connectivity index (χ3v) is 8.50. The summed E-state index contributed by atoms with van der Waals surface area (Å²) < 4.78 is 41.4. The summed E-state index contributed by atoms with van der Waals surface area (Å²) in [7, 11) is 4.60. The first-order valence-electron chi connectivity index (χ1n) is 13.8. The molecule has 0 aromatic heterocycles. The summed E-state index contributed by atoms with van der Waals surface area (Å²) in [6.45, 7) is 7.32. The molecule has 0 aromatic rings. The van der Waals surface area contributed by atoms with Gasteiger partial charge in [0.25, 0.3) is 0 Å². The third-order valence-electron chi connectivity index (χ3n) is 8.20. The topological polar surface area (TPSA) is 122 Å². The lowest BCUT2D eigenvalue weighted by molar-refractivity contribution is -0.354. The SMILES string of the molecule is CO[C@@H]1[C@@H](O)[C@@H](OC)[C@H](O[C@@H]2C[C@]3(O)O[C@H](C[C@H](OC)/C=C(\C)C[C@@H](/C=C/C=C/Br)OC(=O)[C@H]3C)[C@H]2C)O[C@H]1C. The van der Waals surface area contributed by atoms with Crippen LogP contribution in [-0.2, 0) is 38.0 Å². The van der Waals surface area contributed by atoms with Crippen LogP contribution < -0.4 is 0 Å². The molecular weight excluding hydrogens is 588 g/mol. The van der Waals surface area contributed by atoms with Gasteiger partial charge in [-0.15, -0.1) is 0 Å². The molecule has 0 amide bonds. The Bertz CT molecular complexity index is 924. The zero-order valence-corrected chi connectivity index (χ0v) is 26.0. The van der Waals surface area contributed by atoms with Crippen molar-refractivity contribution in [2.24, 2.45) is 11.8 Å². The molecule has 12 atom stereocenters. The average molecular weight is 634 g/mol. The van der Waals surface area contributed by atoms with E-state index in [2.05, 4.69) is 15.9 Å². The van der Waals surface area contributed by atoms with Crippen LogP contribution >= 0.6 is 15.9 Å². The van der Waals surface area contributed by atoms with E-state index in [1.807, 2.05) is 19.9 Å². The maximum absolute atomic E-state index is 13.3. The van der Waals surface area contributed by atoms with E-state index in [4.69, 9.17) is 33.2 Å². The number of methoxy groups -OCH3 is 3. The normalized spacial score (nSPS) is 45.0. The largest absolute Gasteiger partial charge is 0.457 e. The maximum Gasteiger partial charge on any atom is 0.314 e. The molecule has 2 bridgehead atoms. The number of fused-ring (bicyclic) bond motifs is 2. The number of aliphatic hydroxyl groups excluding tert-OH is 1. The number of rotatable bonds is 7. The Morgan fingerprint density at radius 3 is 2.42 bits per heavy atom. The molecule has 2 N–H and O–H groups in total. The molecule has 3 heterocycles. The smallest absolute Gasteiger partial charge is 0.314 e. The molecule has 3 rings (SSSR count). The van der Waals surface area contributed by atoms with Crippen molar-refractivity contribution in [2.75, 3.05) is 21.3 Å². The summed E-state index contributed by atoms with van der Waals surface area (Å²) in [5.74, 6) is -3.71. The van der Waals surface area contributed by atoms with Gasteiger partial charge in [0.15, 0.2) is 12.1 Å².